The summed E-state index contributed by atoms with van der Waals surface area (Å²) < 4.78 is 36.7. The molecule has 1 aromatic rings. The van der Waals surface area contributed by atoms with Crippen molar-refractivity contribution in [2.45, 2.75) is 13.2 Å². The predicted molar refractivity (Wildman–Crippen MR) is 57.3 cm³/mol. The molecule has 0 bridgehead atoms. The van der Waals surface area contributed by atoms with Gasteiger partial charge in [0.1, 0.15) is 6.29 Å². The summed E-state index contributed by atoms with van der Waals surface area (Å²) >= 11 is 0. The second kappa shape index (κ2) is 4.44. The minimum Gasteiger partial charge on any atom is -0.449 e. The number of hydrogen-bond donors (Lipinski definition) is 0. The average Bonchev–Trinajstić information content (AvgIpc) is 2.18. The Hall–Kier alpha value is -1.70. The van der Waals surface area contributed by atoms with Crippen LogP contribution in [0.25, 0.3) is 0 Å². The molecule has 0 aliphatic heterocycles. The van der Waals surface area contributed by atoms with Crippen molar-refractivity contribution in [3.63, 3.8) is 0 Å². The Bertz CT molecular complexity index is 458. The second-order valence-corrected chi connectivity index (χ2v) is 3.53. The Kier molecular flexibility index (Phi) is 3.43. The van der Waals surface area contributed by atoms with Gasteiger partial charge in [-0.05, 0) is 18.6 Å². The first kappa shape index (κ1) is 12.4. The van der Waals surface area contributed by atoms with E-state index in [2.05, 4.69) is 5.92 Å². The summed E-state index contributed by atoms with van der Waals surface area (Å²) in [6.45, 7) is -3.31. The molecular formula is C11H9BF3O-. The van der Waals surface area contributed by atoms with Crippen molar-refractivity contribution < 1.29 is 17.7 Å². The largest absolute Gasteiger partial charge is 0.482 e. The highest BCUT2D eigenvalue weighted by Crippen LogP contribution is 2.20. The Morgan fingerprint density at radius 3 is 2.50 bits per heavy atom. The quantitative estimate of drug-likeness (QED) is 0.439. The Morgan fingerprint density at radius 1 is 1.44 bits per heavy atom. The van der Waals surface area contributed by atoms with E-state index in [9.17, 15) is 17.7 Å². The van der Waals surface area contributed by atoms with Crippen molar-refractivity contribution in [3.8, 4) is 12.3 Å². The number of rotatable bonds is 3. The molecule has 0 heterocycles. The summed E-state index contributed by atoms with van der Waals surface area (Å²) in [7, 11) is 0. The lowest BCUT2D eigenvalue weighted by molar-refractivity contribution is 0.112. The Morgan fingerprint density at radius 2 is 2.06 bits per heavy atom. The van der Waals surface area contributed by atoms with E-state index >= 15 is 0 Å². The fourth-order valence-electron chi connectivity index (χ4n) is 1.46. The van der Waals surface area contributed by atoms with Crippen LogP contribution in [0.3, 0.4) is 0 Å². The van der Waals surface area contributed by atoms with E-state index in [0.29, 0.717) is 17.4 Å². The molecule has 0 aromatic heterocycles. The number of carbonyl (C=O) groups is 1. The zero-order chi connectivity index (χ0) is 12.3. The van der Waals surface area contributed by atoms with E-state index in [1.165, 1.54) is 12.1 Å². The van der Waals surface area contributed by atoms with Gasteiger partial charge < -0.3 is 12.9 Å². The van der Waals surface area contributed by atoms with E-state index in [4.69, 9.17) is 6.42 Å². The van der Waals surface area contributed by atoms with Gasteiger partial charge in [0.15, 0.2) is 0 Å². The summed E-state index contributed by atoms with van der Waals surface area (Å²) in [6, 6.07) is 2.54. The van der Waals surface area contributed by atoms with Gasteiger partial charge in [-0.15, -0.1) is 6.42 Å². The van der Waals surface area contributed by atoms with E-state index in [-0.39, 0.29) is 11.1 Å². The lowest BCUT2D eigenvalue weighted by Crippen LogP contribution is -2.19. The normalized spacial score (nSPS) is 10.9. The van der Waals surface area contributed by atoms with E-state index in [1.807, 2.05) is 0 Å². The maximum Gasteiger partial charge on any atom is 0.482 e. The molecule has 1 aromatic carbocycles. The van der Waals surface area contributed by atoms with Crippen LogP contribution in [0.5, 0.6) is 0 Å². The number of benzene rings is 1. The van der Waals surface area contributed by atoms with Crippen molar-refractivity contribution in [1.82, 2.24) is 0 Å². The molecule has 0 saturated heterocycles. The lowest BCUT2D eigenvalue weighted by Gasteiger charge is -2.15. The molecular weight excluding hydrogens is 216 g/mol. The lowest BCUT2D eigenvalue weighted by atomic mass is 9.80. The zero-order valence-corrected chi connectivity index (χ0v) is 8.64. The molecule has 0 aliphatic rings. The Labute approximate surface area is 91.7 Å². The van der Waals surface area contributed by atoms with Gasteiger partial charge >= 0.3 is 6.98 Å². The summed E-state index contributed by atoms with van der Waals surface area (Å²) in [5, 5.41) is 0. The molecule has 0 radical (unpaired) electrons. The van der Waals surface area contributed by atoms with Gasteiger partial charge in [0.05, 0.1) is 0 Å². The van der Waals surface area contributed by atoms with Crippen LogP contribution in [0.1, 0.15) is 27.0 Å². The molecule has 0 saturated carbocycles. The van der Waals surface area contributed by atoms with Crippen LogP contribution >= 0.6 is 0 Å². The molecule has 0 N–H and O–H groups in total. The fraction of sp³-hybridized carbons (Fsp3) is 0.182. The molecule has 1 nitrogen and oxygen atoms in total. The van der Waals surface area contributed by atoms with Crippen molar-refractivity contribution in [2.24, 2.45) is 0 Å². The average molecular weight is 225 g/mol. The van der Waals surface area contributed by atoms with Crippen LogP contribution < -0.4 is 0 Å². The monoisotopic (exact) mass is 225 g/mol. The van der Waals surface area contributed by atoms with Crippen molar-refractivity contribution >= 4 is 13.3 Å². The molecule has 0 aliphatic carbocycles. The van der Waals surface area contributed by atoms with Gasteiger partial charge in [0, 0.05) is 11.1 Å². The van der Waals surface area contributed by atoms with Gasteiger partial charge in [-0.3, -0.25) is 4.79 Å². The molecule has 1 rings (SSSR count). The van der Waals surface area contributed by atoms with E-state index in [1.54, 1.807) is 6.92 Å². The summed E-state index contributed by atoms with van der Waals surface area (Å²) in [5.74, 6) is 2.28. The zero-order valence-electron chi connectivity index (χ0n) is 8.64. The number of hydrogen-bond acceptors (Lipinski definition) is 1. The van der Waals surface area contributed by atoms with Crippen LogP contribution in [0.2, 0.25) is 0 Å². The first-order chi connectivity index (χ1) is 7.37. The number of terminal acetylenes is 1. The van der Waals surface area contributed by atoms with Gasteiger partial charge in [-0.25, -0.2) is 0 Å². The number of halogens is 3. The van der Waals surface area contributed by atoms with Gasteiger partial charge in [0.25, 0.3) is 0 Å². The minimum absolute atomic E-state index is 0.0353. The van der Waals surface area contributed by atoms with E-state index < -0.39 is 13.3 Å². The van der Waals surface area contributed by atoms with Gasteiger partial charge in [0.2, 0.25) is 0 Å². The molecule has 84 valence electrons. The van der Waals surface area contributed by atoms with Crippen LogP contribution in [0, 0.1) is 19.3 Å². The smallest absolute Gasteiger partial charge is 0.449 e. The summed E-state index contributed by atoms with van der Waals surface area (Å²) in [4.78, 5) is 10.7. The predicted octanol–water partition coefficient (Wildman–Crippen LogP) is 2.72. The molecule has 5 heteroatoms. The third-order valence-corrected chi connectivity index (χ3v) is 2.26. The highest BCUT2D eigenvalue weighted by Gasteiger charge is 2.23. The topological polar surface area (TPSA) is 17.1 Å². The van der Waals surface area contributed by atoms with Gasteiger partial charge in [-0.1, -0.05) is 23.9 Å². The van der Waals surface area contributed by atoms with Gasteiger partial charge in [-0.2, -0.15) is 0 Å². The molecule has 0 fully saturated rings. The molecule has 0 amide bonds. The first-order valence-corrected chi connectivity index (χ1v) is 4.63. The SMILES string of the molecule is C#Cc1cc(C[B-](F)(F)F)cc(C=O)c1C. The highest BCUT2D eigenvalue weighted by atomic mass is 19.4. The molecule has 0 atom stereocenters. The fourth-order valence-corrected chi connectivity index (χ4v) is 1.46. The van der Waals surface area contributed by atoms with Crippen molar-refractivity contribution in [2.75, 3.05) is 0 Å². The maximum atomic E-state index is 12.2. The number of carbonyl (C=O) groups excluding carboxylic acids is 1. The third-order valence-electron chi connectivity index (χ3n) is 2.26. The van der Waals surface area contributed by atoms with Crippen LogP contribution in [-0.4, -0.2) is 13.3 Å². The van der Waals surface area contributed by atoms with Crippen molar-refractivity contribution in [3.05, 3.63) is 34.4 Å². The third kappa shape index (κ3) is 2.90. The van der Waals surface area contributed by atoms with Crippen LogP contribution in [-0.2, 0) is 6.32 Å². The van der Waals surface area contributed by atoms with Crippen molar-refractivity contribution in [1.29, 1.82) is 0 Å². The van der Waals surface area contributed by atoms with Crippen LogP contribution in [0.15, 0.2) is 12.1 Å². The molecule has 0 unspecified atom stereocenters. The standard InChI is InChI=1S/C11H9BF3O/c1-3-10-4-9(6-12(13,14)15)5-11(7-16)8(10)2/h1,4-5,7H,6H2,2H3/q-1. The molecule has 16 heavy (non-hydrogen) atoms. The Balaban J connectivity index is 3.24. The number of aldehydes is 1. The summed E-state index contributed by atoms with van der Waals surface area (Å²) in [6.07, 6.45) is 4.66. The van der Waals surface area contributed by atoms with Crippen LogP contribution in [0.4, 0.5) is 12.9 Å². The maximum absolute atomic E-state index is 12.2. The molecule has 0 spiro atoms. The second-order valence-electron chi connectivity index (χ2n) is 3.53. The summed E-state index contributed by atoms with van der Waals surface area (Å²) in [5.41, 5.74) is 1.12. The minimum atomic E-state index is -4.92. The first-order valence-electron chi connectivity index (χ1n) is 4.63. The highest BCUT2D eigenvalue weighted by molar-refractivity contribution is 6.57. The van der Waals surface area contributed by atoms with E-state index in [0.717, 1.165) is 0 Å².